The molecule has 6 nitrogen and oxygen atoms in total. The molecule has 0 aromatic heterocycles. The Morgan fingerprint density at radius 2 is 2.05 bits per heavy atom. The summed E-state index contributed by atoms with van der Waals surface area (Å²) in [5.41, 5.74) is 0. The summed E-state index contributed by atoms with van der Waals surface area (Å²) >= 11 is 1.58. The van der Waals surface area contributed by atoms with Gasteiger partial charge in [-0.05, 0) is 57.3 Å². The van der Waals surface area contributed by atoms with Crippen LogP contribution in [0.3, 0.4) is 0 Å². The number of rotatable bonds is 7. The molecule has 1 saturated heterocycles. The van der Waals surface area contributed by atoms with E-state index in [0.717, 1.165) is 31.7 Å². The second-order valence-electron chi connectivity index (χ2n) is 5.75. The number of hydrogen-bond donors (Lipinski definition) is 2. The number of aliphatic carboxylic acids is 1. The predicted octanol–water partition coefficient (Wildman–Crippen LogP) is 1.18. The van der Waals surface area contributed by atoms with Crippen molar-refractivity contribution in [2.75, 3.05) is 45.7 Å². The first-order valence-electron chi connectivity index (χ1n) is 7.36. The molecule has 7 heteroatoms. The molecule has 0 radical (unpaired) electrons. The van der Waals surface area contributed by atoms with E-state index >= 15 is 0 Å². The van der Waals surface area contributed by atoms with E-state index in [1.807, 2.05) is 6.26 Å². The Hall–Kier alpha value is -0.950. The molecule has 0 bridgehead atoms. The summed E-state index contributed by atoms with van der Waals surface area (Å²) < 4.78 is 0. The van der Waals surface area contributed by atoms with Crippen molar-refractivity contribution in [1.82, 2.24) is 15.1 Å². The molecule has 21 heavy (non-hydrogen) atoms. The molecule has 1 fully saturated rings. The van der Waals surface area contributed by atoms with Crippen molar-refractivity contribution in [1.29, 1.82) is 0 Å². The summed E-state index contributed by atoms with van der Waals surface area (Å²) in [6.07, 6.45) is 4.54. The molecule has 122 valence electrons. The molecule has 0 aromatic rings. The quantitative estimate of drug-likeness (QED) is 0.737. The van der Waals surface area contributed by atoms with Gasteiger partial charge in [0.05, 0.1) is 0 Å². The average molecular weight is 317 g/mol. The van der Waals surface area contributed by atoms with Crippen LogP contribution in [0.2, 0.25) is 0 Å². The van der Waals surface area contributed by atoms with E-state index in [-0.39, 0.29) is 6.03 Å². The zero-order valence-electron chi connectivity index (χ0n) is 13.2. The zero-order valence-corrected chi connectivity index (χ0v) is 14.0. The van der Waals surface area contributed by atoms with Crippen LogP contribution in [0.25, 0.3) is 0 Å². The summed E-state index contributed by atoms with van der Waals surface area (Å²) in [5, 5.41) is 11.7. The van der Waals surface area contributed by atoms with Crippen LogP contribution in [0.5, 0.6) is 0 Å². The standard InChI is InChI=1S/C14H27N3O3S/c1-16-7-4-11(5-8-16)10-17(2)14(20)15-12(13(18)19)6-9-21-3/h11-12H,4-10H2,1-3H3,(H,15,20)(H,18,19)/t12-/m1/s1. The molecule has 0 aliphatic carbocycles. The Bertz CT molecular complexity index is 346. The van der Waals surface area contributed by atoms with Gasteiger partial charge in [-0.3, -0.25) is 0 Å². The molecule has 0 spiro atoms. The van der Waals surface area contributed by atoms with E-state index in [1.54, 1.807) is 23.7 Å². The summed E-state index contributed by atoms with van der Waals surface area (Å²) in [5.74, 6) is 0.257. The number of carboxylic acids is 1. The van der Waals surface area contributed by atoms with Gasteiger partial charge in [0.1, 0.15) is 6.04 Å². The fraction of sp³-hybridized carbons (Fsp3) is 0.857. The van der Waals surface area contributed by atoms with Gasteiger partial charge in [-0.2, -0.15) is 11.8 Å². The Morgan fingerprint density at radius 3 is 2.57 bits per heavy atom. The minimum Gasteiger partial charge on any atom is -0.480 e. The normalized spacial score (nSPS) is 18.2. The lowest BCUT2D eigenvalue weighted by atomic mass is 9.97. The summed E-state index contributed by atoms with van der Waals surface area (Å²) in [7, 11) is 3.84. The van der Waals surface area contributed by atoms with Crippen LogP contribution in [-0.2, 0) is 4.79 Å². The molecule has 1 aliphatic heterocycles. The monoisotopic (exact) mass is 317 g/mol. The zero-order chi connectivity index (χ0) is 15.8. The minimum atomic E-state index is -0.968. The first-order chi connectivity index (χ1) is 9.93. The van der Waals surface area contributed by atoms with Crippen molar-refractivity contribution < 1.29 is 14.7 Å². The number of piperidine rings is 1. The van der Waals surface area contributed by atoms with Gasteiger partial charge in [0.25, 0.3) is 0 Å². The lowest BCUT2D eigenvalue weighted by Gasteiger charge is -2.32. The third kappa shape index (κ3) is 6.56. The highest BCUT2D eigenvalue weighted by molar-refractivity contribution is 7.98. The number of hydrogen-bond acceptors (Lipinski definition) is 4. The summed E-state index contributed by atoms with van der Waals surface area (Å²) in [6.45, 7) is 2.81. The van der Waals surface area contributed by atoms with Gasteiger partial charge >= 0.3 is 12.0 Å². The molecule has 1 atom stereocenters. The number of urea groups is 1. The van der Waals surface area contributed by atoms with E-state index in [9.17, 15) is 9.59 Å². The van der Waals surface area contributed by atoms with Gasteiger partial charge in [0, 0.05) is 13.6 Å². The second-order valence-corrected chi connectivity index (χ2v) is 6.73. The van der Waals surface area contributed by atoms with Gasteiger partial charge in [-0.25, -0.2) is 9.59 Å². The molecule has 1 rings (SSSR count). The fourth-order valence-corrected chi connectivity index (χ4v) is 2.94. The largest absolute Gasteiger partial charge is 0.480 e. The van der Waals surface area contributed by atoms with Crippen molar-refractivity contribution in [3.63, 3.8) is 0 Å². The molecular weight excluding hydrogens is 290 g/mol. The second kappa shape index (κ2) is 9.15. The first kappa shape index (κ1) is 18.1. The lowest BCUT2D eigenvalue weighted by molar-refractivity contribution is -0.139. The molecule has 2 N–H and O–H groups in total. The summed E-state index contributed by atoms with van der Waals surface area (Å²) in [6, 6.07) is -1.09. The number of nitrogens with zero attached hydrogens (tertiary/aromatic N) is 2. The minimum absolute atomic E-state index is 0.289. The lowest BCUT2D eigenvalue weighted by Crippen LogP contribution is -2.48. The van der Waals surface area contributed by atoms with Crippen LogP contribution < -0.4 is 5.32 Å². The average Bonchev–Trinajstić information content (AvgIpc) is 2.45. The molecule has 1 aliphatic rings. The highest BCUT2D eigenvalue weighted by Gasteiger charge is 2.24. The van der Waals surface area contributed by atoms with Crippen LogP contribution in [0.1, 0.15) is 19.3 Å². The molecule has 0 unspecified atom stereocenters. The number of likely N-dealkylation sites (tertiary alicyclic amines) is 1. The van der Waals surface area contributed by atoms with Crippen LogP contribution in [0.4, 0.5) is 4.79 Å². The van der Waals surface area contributed by atoms with Crippen molar-refractivity contribution in [2.45, 2.75) is 25.3 Å². The Kier molecular flexibility index (Phi) is 7.88. The van der Waals surface area contributed by atoms with E-state index in [1.165, 1.54) is 0 Å². The maximum Gasteiger partial charge on any atom is 0.326 e. The van der Waals surface area contributed by atoms with Crippen LogP contribution in [0.15, 0.2) is 0 Å². The topological polar surface area (TPSA) is 72.9 Å². The van der Waals surface area contributed by atoms with E-state index in [4.69, 9.17) is 5.11 Å². The number of carboxylic acid groups (broad SMARTS) is 1. The van der Waals surface area contributed by atoms with Gasteiger partial charge in [-0.1, -0.05) is 0 Å². The number of amides is 2. The molecular formula is C14H27N3O3S. The van der Waals surface area contributed by atoms with Crippen LogP contribution in [-0.4, -0.2) is 78.7 Å². The van der Waals surface area contributed by atoms with E-state index in [2.05, 4.69) is 17.3 Å². The maximum absolute atomic E-state index is 12.1. The highest BCUT2D eigenvalue weighted by atomic mass is 32.2. The first-order valence-corrected chi connectivity index (χ1v) is 8.75. The third-order valence-electron chi connectivity index (χ3n) is 3.92. The predicted molar refractivity (Wildman–Crippen MR) is 85.8 cm³/mol. The Balaban J connectivity index is 2.39. The van der Waals surface area contributed by atoms with E-state index < -0.39 is 12.0 Å². The van der Waals surface area contributed by atoms with Crippen LogP contribution >= 0.6 is 11.8 Å². The number of nitrogens with one attached hydrogen (secondary N) is 1. The smallest absolute Gasteiger partial charge is 0.326 e. The Morgan fingerprint density at radius 1 is 1.43 bits per heavy atom. The summed E-state index contributed by atoms with van der Waals surface area (Å²) in [4.78, 5) is 27.1. The molecule has 0 saturated carbocycles. The van der Waals surface area contributed by atoms with Gasteiger partial charge in [-0.15, -0.1) is 0 Å². The van der Waals surface area contributed by atoms with Crippen molar-refractivity contribution in [2.24, 2.45) is 5.92 Å². The van der Waals surface area contributed by atoms with Gasteiger partial charge in [0.15, 0.2) is 0 Å². The number of carbonyl (C=O) groups excluding carboxylic acids is 1. The van der Waals surface area contributed by atoms with Crippen molar-refractivity contribution >= 4 is 23.8 Å². The highest BCUT2D eigenvalue weighted by Crippen LogP contribution is 2.16. The third-order valence-corrected chi connectivity index (χ3v) is 4.57. The number of carbonyl (C=O) groups is 2. The fourth-order valence-electron chi connectivity index (χ4n) is 2.47. The SMILES string of the molecule is CSCC[C@@H](NC(=O)N(C)CC1CCN(C)CC1)C(=O)O. The molecule has 0 aromatic carbocycles. The van der Waals surface area contributed by atoms with Crippen LogP contribution in [0, 0.1) is 5.92 Å². The molecule has 2 amide bonds. The number of thioether (sulfide) groups is 1. The molecule has 1 heterocycles. The van der Waals surface area contributed by atoms with Gasteiger partial charge < -0.3 is 20.2 Å². The van der Waals surface area contributed by atoms with E-state index in [0.29, 0.717) is 18.9 Å². The Labute approximate surface area is 131 Å². The van der Waals surface area contributed by atoms with Gasteiger partial charge in [0.2, 0.25) is 0 Å². The maximum atomic E-state index is 12.1. The van der Waals surface area contributed by atoms with Crippen molar-refractivity contribution in [3.05, 3.63) is 0 Å². The van der Waals surface area contributed by atoms with Crippen molar-refractivity contribution in [3.8, 4) is 0 Å².